The molecule has 122 valence electrons. The summed E-state index contributed by atoms with van der Waals surface area (Å²) in [5.74, 6) is 6.77. The van der Waals surface area contributed by atoms with Gasteiger partial charge in [0.15, 0.2) is 5.82 Å². The number of para-hydroxylation sites is 1. The van der Waals surface area contributed by atoms with Crippen molar-refractivity contribution in [3.63, 3.8) is 0 Å². The summed E-state index contributed by atoms with van der Waals surface area (Å²) in [6.07, 6.45) is 0. The zero-order chi connectivity index (χ0) is 16.9. The second kappa shape index (κ2) is 7.50. The van der Waals surface area contributed by atoms with Crippen LogP contribution in [0.1, 0.15) is 0 Å². The first-order valence-electron chi connectivity index (χ1n) is 6.98. The molecular weight excluding hydrogens is 392 g/mol. The summed E-state index contributed by atoms with van der Waals surface area (Å²) < 4.78 is 7.50. The van der Waals surface area contributed by atoms with Crippen LogP contribution in [0.4, 0.5) is 0 Å². The van der Waals surface area contributed by atoms with Gasteiger partial charge >= 0.3 is 5.97 Å². The molecule has 0 saturated carbocycles. The molecule has 1 aromatic heterocycles. The topological polar surface area (TPSA) is 83.0 Å². The first-order valence-corrected chi connectivity index (χ1v) is 8.76. The first-order chi connectivity index (χ1) is 11.6. The number of nitrogen functional groups attached to an aromatic ring is 1. The quantitative estimate of drug-likeness (QED) is 0.304. The predicted octanol–water partition coefficient (Wildman–Crippen LogP) is 3.12. The minimum Gasteiger partial charge on any atom is -0.426 e. The molecule has 0 unspecified atom stereocenters. The summed E-state index contributed by atoms with van der Waals surface area (Å²) in [5, 5.41) is 8.55. The van der Waals surface area contributed by atoms with E-state index in [-0.39, 0.29) is 11.7 Å². The van der Waals surface area contributed by atoms with Crippen LogP contribution < -0.4 is 10.6 Å². The molecule has 3 rings (SSSR count). The van der Waals surface area contributed by atoms with Gasteiger partial charge in [0.05, 0.1) is 5.75 Å². The lowest BCUT2D eigenvalue weighted by molar-refractivity contribution is -0.131. The summed E-state index contributed by atoms with van der Waals surface area (Å²) in [5.41, 5.74) is 0.832. The molecule has 0 spiro atoms. The van der Waals surface area contributed by atoms with Crippen LogP contribution in [0.5, 0.6) is 5.75 Å². The highest BCUT2D eigenvalue weighted by Crippen LogP contribution is 2.24. The lowest BCUT2D eigenvalue weighted by Crippen LogP contribution is -2.14. The highest BCUT2D eigenvalue weighted by molar-refractivity contribution is 9.10. The fourth-order valence-corrected chi connectivity index (χ4v) is 3.00. The Bertz CT molecular complexity index is 854. The van der Waals surface area contributed by atoms with Crippen LogP contribution in [0.3, 0.4) is 0 Å². The van der Waals surface area contributed by atoms with Gasteiger partial charge < -0.3 is 10.6 Å². The van der Waals surface area contributed by atoms with E-state index in [1.54, 1.807) is 24.3 Å². The normalized spacial score (nSPS) is 10.5. The maximum absolute atomic E-state index is 11.9. The predicted molar refractivity (Wildman–Crippen MR) is 96.1 cm³/mol. The van der Waals surface area contributed by atoms with Crippen molar-refractivity contribution in [3.8, 4) is 17.1 Å². The second-order valence-electron chi connectivity index (χ2n) is 4.76. The molecule has 0 atom stereocenters. The maximum atomic E-state index is 11.9. The van der Waals surface area contributed by atoms with E-state index in [0.29, 0.717) is 16.7 Å². The van der Waals surface area contributed by atoms with E-state index in [1.165, 1.54) is 16.4 Å². The minimum absolute atomic E-state index is 0.0860. The average Bonchev–Trinajstić information content (AvgIpc) is 2.95. The summed E-state index contributed by atoms with van der Waals surface area (Å²) >= 11 is 4.58. The van der Waals surface area contributed by atoms with E-state index in [0.717, 1.165) is 10.0 Å². The minimum atomic E-state index is -0.377. The molecule has 0 amide bonds. The fraction of sp³-hybridized carbons (Fsp3) is 0.0625. The van der Waals surface area contributed by atoms with Gasteiger partial charge in [0.2, 0.25) is 5.16 Å². The molecule has 1 heterocycles. The lowest BCUT2D eigenvalue weighted by Gasteiger charge is -2.05. The van der Waals surface area contributed by atoms with Crippen molar-refractivity contribution in [2.75, 3.05) is 11.6 Å². The molecule has 0 radical (unpaired) electrons. The Balaban J connectivity index is 1.65. The van der Waals surface area contributed by atoms with Gasteiger partial charge in [0.1, 0.15) is 5.75 Å². The number of aromatic nitrogens is 3. The van der Waals surface area contributed by atoms with Gasteiger partial charge in [0, 0.05) is 10.0 Å². The third kappa shape index (κ3) is 3.95. The number of carbonyl (C=O) groups is 1. The fourth-order valence-electron chi connectivity index (χ4n) is 1.97. The van der Waals surface area contributed by atoms with Crippen LogP contribution in [-0.2, 0) is 4.79 Å². The molecule has 8 heteroatoms. The van der Waals surface area contributed by atoms with Crippen molar-refractivity contribution in [2.24, 2.45) is 0 Å². The van der Waals surface area contributed by atoms with Gasteiger partial charge in [0.25, 0.3) is 0 Å². The van der Waals surface area contributed by atoms with E-state index < -0.39 is 0 Å². The molecule has 0 aliphatic carbocycles. The van der Waals surface area contributed by atoms with Crippen molar-refractivity contribution in [1.82, 2.24) is 14.9 Å². The number of nitrogens with zero attached hydrogens (tertiary/aromatic N) is 3. The van der Waals surface area contributed by atoms with Gasteiger partial charge in [-0.25, -0.2) is 4.68 Å². The van der Waals surface area contributed by atoms with Gasteiger partial charge in [-0.15, -0.1) is 10.2 Å². The molecular formula is C16H13BrN4O2S. The molecule has 24 heavy (non-hydrogen) atoms. The van der Waals surface area contributed by atoms with Crippen LogP contribution in [0, 0.1) is 0 Å². The maximum Gasteiger partial charge on any atom is 0.321 e. The van der Waals surface area contributed by atoms with Crippen LogP contribution in [0.25, 0.3) is 11.4 Å². The Hall–Kier alpha value is -2.32. The zero-order valence-corrected chi connectivity index (χ0v) is 14.8. The number of benzene rings is 2. The lowest BCUT2D eigenvalue weighted by atomic mass is 10.2. The number of hydrogen-bond donors (Lipinski definition) is 1. The first kappa shape index (κ1) is 16.5. The molecule has 2 N–H and O–H groups in total. The SMILES string of the molecule is Nn1c(SCC(=O)Oc2ccccc2)nnc1-c1cccc(Br)c1. The van der Waals surface area contributed by atoms with Gasteiger partial charge in [-0.2, -0.15) is 0 Å². The van der Waals surface area contributed by atoms with Crippen molar-refractivity contribution in [2.45, 2.75) is 5.16 Å². The number of thioether (sulfide) groups is 1. The van der Waals surface area contributed by atoms with Crippen LogP contribution in [0.15, 0.2) is 64.2 Å². The van der Waals surface area contributed by atoms with Crippen molar-refractivity contribution >= 4 is 33.7 Å². The Morgan fingerprint density at radius 3 is 2.71 bits per heavy atom. The third-order valence-corrected chi connectivity index (χ3v) is 4.45. The van der Waals surface area contributed by atoms with Crippen LogP contribution in [0.2, 0.25) is 0 Å². The van der Waals surface area contributed by atoms with E-state index in [4.69, 9.17) is 10.6 Å². The molecule has 3 aromatic rings. The van der Waals surface area contributed by atoms with E-state index in [2.05, 4.69) is 26.1 Å². The highest BCUT2D eigenvalue weighted by atomic mass is 79.9. The number of nitrogens with two attached hydrogens (primary N) is 1. The Morgan fingerprint density at radius 1 is 1.17 bits per heavy atom. The summed E-state index contributed by atoms with van der Waals surface area (Å²) in [6.45, 7) is 0. The third-order valence-electron chi connectivity index (χ3n) is 3.04. The molecule has 2 aromatic carbocycles. The molecule has 0 saturated heterocycles. The van der Waals surface area contributed by atoms with Crippen LogP contribution >= 0.6 is 27.7 Å². The number of ether oxygens (including phenoxy) is 1. The van der Waals surface area contributed by atoms with Gasteiger partial charge in [-0.3, -0.25) is 4.79 Å². The van der Waals surface area contributed by atoms with Crippen LogP contribution in [-0.4, -0.2) is 26.6 Å². The van der Waals surface area contributed by atoms with Crippen molar-refractivity contribution < 1.29 is 9.53 Å². The van der Waals surface area contributed by atoms with Gasteiger partial charge in [-0.1, -0.05) is 58.0 Å². The van der Waals surface area contributed by atoms with Crippen molar-refractivity contribution in [1.29, 1.82) is 0 Å². The number of hydrogen-bond acceptors (Lipinski definition) is 6. The zero-order valence-electron chi connectivity index (χ0n) is 12.4. The summed E-state index contributed by atoms with van der Waals surface area (Å²) in [7, 11) is 0. The summed E-state index contributed by atoms with van der Waals surface area (Å²) in [4.78, 5) is 11.9. The largest absolute Gasteiger partial charge is 0.426 e. The number of esters is 1. The summed E-state index contributed by atoms with van der Waals surface area (Å²) in [6, 6.07) is 16.5. The van der Waals surface area contributed by atoms with E-state index in [1.807, 2.05) is 30.3 Å². The highest BCUT2D eigenvalue weighted by Gasteiger charge is 2.14. The smallest absolute Gasteiger partial charge is 0.321 e. The molecule has 0 fully saturated rings. The van der Waals surface area contributed by atoms with Gasteiger partial charge in [-0.05, 0) is 24.3 Å². The Kier molecular flexibility index (Phi) is 5.17. The number of halogens is 1. The monoisotopic (exact) mass is 404 g/mol. The van der Waals surface area contributed by atoms with Crippen molar-refractivity contribution in [3.05, 3.63) is 59.1 Å². The Morgan fingerprint density at radius 2 is 1.96 bits per heavy atom. The van der Waals surface area contributed by atoms with E-state index in [9.17, 15) is 4.79 Å². The number of carbonyl (C=O) groups excluding carboxylic acids is 1. The average molecular weight is 405 g/mol. The molecule has 0 aliphatic heterocycles. The molecule has 0 aliphatic rings. The standard InChI is InChI=1S/C16H13BrN4O2S/c17-12-6-4-5-11(9-12)15-19-20-16(21(15)18)24-10-14(22)23-13-7-2-1-3-8-13/h1-9H,10,18H2. The molecule has 6 nitrogen and oxygen atoms in total. The second-order valence-corrected chi connectivity index (χ2v) is 6.62. The molecule has 0 bridgehead atoms. The van der Waals surface area contributed by atoms with E-state index >= 15 is 0 Å². The Labute approximate surface area is 151 Å². The number of rotatable bonds is 5.